The SMILES string of the molecule is O=[N+]([O-])c1cc(O)ccc1NCc1ccco1. The van der Waals surface area contributed by atoms with E-state index in [0.717, 1.165) is 6.07 Å². The topological polar surface area (TPSA) is 88.5 Å². The summed E-state index contributed by atoms with van der Waals surface area (Å²) in [4.78, 5) is 10.2. The number of aromatic hydroxyl groups is 1. The highest BCUT2D eigenvalue weighted by Crippen LogP contribution is 2.28. The minimum absolute atomic E-state index is 0.139. The molecule has 1 aromatic heterocycles. The van der Waals surface area contributed by atoms with E-state index in [9.17, 15) is 15.2 Å². The average Bonchev–Trinajstić information content (AvgIpc) is 2.80. The molecule has 2 rings (SSSR count). The van der Waals surface area contributed by atoms with Gasteiger partial charge >= 0.3 is 0 Å². The Morgan fingerprint density at radius 1 is 1.41 bits per heavy atom. The molecule has 0 radical (unpaired) electrons. The summed E-state index contributed by atoms with van der Waals surface area (Å²) < 4.78 is 5.10. The molecule has 1 aromatic carbocycles. The Balaban J connectivity index is 2.17. The molecule has 2 N–H and O–H groups in total. The van der Waals surface area contributed by atoms with Crippen molar-refractivity contribution in [3.05, 3.63) is 52.5 Å². The first-order valence-corrected chi connectivity index (χ1v) is 4.90. The van der Waals surface area contributed by atoms with Gasteiger partial charge in [0.2, 0.25) is 0 Å². The number of phenolic OH excluding ortho intramolecular Hbond substituents is 1. The van der Waals surface area contributed by atoms with E-state index in [1.54, 1.807) is 12.1 Å². The molecule has 0 aliphatic rings. The number of nitro groups is 1. The highest BCUT2D eigenvalue weighted by atomic mass is 16.6. The molecular weight excluding hydrogens is 224 g/mol. The third-order valence-corrected chi connectivity index (χ3v) is 2.21. The van der Waals surface area contributed by atoms with Crippen molar-refractivity contribution in [1.29, 1.82) is 0 Å². The van der Waals surface area contributed by atoms with Crippen LogP contribution in [0.4, 0.5) is 11.4 Å². The number of furan rings is 1. The molecule has 0 aliphatic heterocycles. The summed E-state index contributed by atoms with van der Waals surface area (Å²) in [7, 11) is 0. The van der Waals surface area contributed by atoms with E-state index >= 15 is 0 Å². The van der Waals surface area contributed by atoms with Crippen molar-refractivity contribution in [1.82, 2.24) is 0 Å². The number of hydrogen-bond acceptors (Lipinski definition) is 5. The minimum Gasteiger partial charge on any atom is -0.508 e. The summed E-state index contributed by atoms with van der Waals surface area (Å²) in [6, 6.07) is 7.44. The molecule has 6 nitrogen and oxygen atoms in total. The lowest BCUT2D eigenvalue weighted by Gasteiger charge is -2.05. The van der Waals surface area contributed by atoms with Gasteiger partial charge in [-0.2, -0.15) is 0 Å². The zero-order chi connectivity index (χ0) is 12.3. The van der Waals surface area contributed by atoms with Gasteiger partial charge in [0.1, 0.15) is 17.2 Å². The third kappa shape index (κ3) is 2.54. The maximum atomic E-state index is 10.8. The van der Waals surface area contributed by atoms with E-state index < -0.39 is 4.92 Å². The Morgan fingerprint density at radius 3 is 2.88 bits per heavy atom. The third-order valence-electron chi connectivity index (χ3n) is 2.21. The Bertz CT molecular complexity index is 522. The van der Waals surface area contributed by atoms with Gasteiger partial charge in [-0.1, -0.05) is 0 Å². The van der Waals surface area contributed by atoms with Crippen LogP contribution in [0.5, 0.6) is 5.75 Å². The fourth-order valence-corrected chi connectivity index (χ4v) is 1.42. The van der Waals surface area contributed by atoms with Gasteiger partial charge in [-0.05, 0) is 24.3 Å². The largest absolute Gasteiger partial charge is 0.508 e. The molecule has 1 heterocycles. The smallest absolute Gasteiger partial charge is 0.296 e. The first-order valence-electron chi connectivity index (χ1n) is 4.90. The maximum Gasteiger partial charge on any atom is 0.296 e. The number of nitro benzene ring substituents is 1. The average molecular weight is 234 g/mol. The lowest BCUT2D eigenvalue weighted by molar-refractivity contribution is -0.384. The summed E-state index contributed by atoms with van der Waals surface area (Å²) in [5, 5.41) is 22.8. The minimum atomic E-state index is -0.551. The van der Waals surface area contributed by atoms with Crippen LogP contribution in [0.25, 0.3) is 0 Å². The van der Waals surface area contributed by atoms with Crippen LogP contribution in [0.1, 0.15) is 5.76 Å². The van der Waals surface area contributed by atoms with Crippen LogP contribution in [-0.4, -0.2) is 10.0 Å². The van der Waals surface area contributed by atoms with Gasteiger partial charge in [0.15, 0.2) is 0 Å². The van der Waals surface area contributed by atoms with E-state index in [1.807, 2.05) is 0 Å². The molecule has 0 saturated carbocycles. The Kier molecular flexibility index (Phi) is 2.95. The molecule has 0 spiro atoms. The van der Waals surface area contributed by atoms with E-state index in [2.05, 4.69) is 5.32 Å². The zero-order valence-electron chi connectivity index (χ0n) is 8.79. The molecule has 0 amide bonds. The van der Waals surface area contributed by atoms with Crippen molar-refractivity contribution in [3.63, 3.8) is 0 Å². The van der Waals surface area contributed by atoms with E-state index in [1.165, 1.54) is 18.4 Å². The van der Waals surface area contributed by atoms with Crippen molar-refractivity contribution < 1.29 is 14.4 Å². The van der Waals surface area contributed by atoms with Crippen LogP contribution in [0.2, 0.25) is 0 Å². The summed E-state index contributed by atoms with van der Waals surface area (Å²) >= 11 is 0. The van der Waals surface area contributed by atoms with Gasteiger partial charge in [-0.3, -0.25) is 10.1 Å². The van der Waals surface area contributed by atoms with Crippen LogP contribution in [0.15, 0.2) is 41.0 Å². The highest BCUT2D eigenvalue weighted by molar-refractivity contribution is 5.63. The fraction of sp³-hybridized carbons (Fsp3) is 0.0909. The number of benzene rings is 1. The summed E-state index contributed by atoms with van der Waals surface area (Å²) in [6.45, 7) is 0.346. The normalized spacial score (nSPS) is 10.1. The van der Waals surface area contributed by atoms with Crippen molar-refractivity contribution in [2.24, 2.45) is 0 Å². The van der Waals surface area contributed by atoms with Crippen molar-refractivity contribution >= 4 is 11.4 Å². The maximum absolute atomic E-state index is 10.8. The summed E-state index contributed by atoms with van der Waals surface area (Å²) in [6.07, 6.45) is 1.53. The first-order chi connectivity index (χ1) is 8.16. The number of nitrogens with one attached hydrogen (secondary N) is 1. The van der Waals surface area contributed by atoms with E-state index in [0.29, 0.717) is 18.0 Å². The Labute approximate surface area is 96.6 Å². The Hall–Kier alpha value is -2.50. The fourth-order valence-electron chi connectivity index (χ4n) is 1.42. The molecule has 17 heavy (non-hydrogen) atoms. The van der Waals surface area contributed by atoms with Crippen LogP contribution in [-0.2, 0) is 6.54 Å². The molecule has 0 aliphatic carbocycles. The van der Waals surface area contributed by atoms with Gasteiger partial charge in [-0.25, -0.2) is 0 Å². The van der Waals surface area contributed by atoms with Crippen molar-refractivity contribution in [3.8, 4) is 5.75 Å². The number of phenols is 1. The molecule has 2 aromatic rings. The highest BCUT2D eigenvalue weighted by Gasteiger charge is 2.14. The second kappa shape index (κ2) is 4.56. The van der Waals surface area contributed by atoms with Crippen LogP contribution < -0.4 is 5.32 Å². The van der Waals surface area contributed by atoms with Crippen molar-refractivity contribution in [2.75, 3.05) is 5.32 Å². The standard InChI is InChI=1S/C11H10N2O4/c14-8-3-4-10(11(6-8)13(15)16)12-7-9-2-1-5-17-9/h1-6,12,14H,7H2. The Morgan fingerprint density at radius 2 is 2.24 bits per heavy atom. The van der Waals surface area contributed by atoms with E-state index in [-0.39, 0.29) is 11.4 Å². The second-order valence-corrected chi connectivity index (χ2v) is 3.39. The van der Waals surface area contributed by atoms with Gasteiger partial charge in [0, 0.05) is 0 Å². The summed E-state index contributed by atoms with van der Waals surface area (Å²) in [5.74, 6) is 0.535. The quantitative estimate of drug-likeness (QED) is 0.482. The second-order valence-electron chi connectivity index (χ2n) is 3.39. The zero-order valence-corrected chi connectivity index (χ0v) is 8.79. The molecule has 0 atom stereocenters. The molecule has 88 valence electrons. The number of nitrogens with zero attached hydrogens (tertiary/aromatic N) is 1. The number of rotatable bonds is 4. The van der Waals surface area contributed by atoms with Crippen molar-refractivity contribution in [2.45, 2.75) is 6.54 Å². The number of hydrogen-bond donors (Lipinski definition) is 2. The predicted molar refractivity (Wildman–Crippen MR) is 60.8 cm³/mol. The van der Waals surface area contributed by atoms with Gasteiger partial charge in [0.05, 0.1) is 23.8 Å². The van der Waals surface area contributed by atoms with Crippen LogP contribution in [0.3, 0.4) is 0 Å². The molecule has 0 bridgehead atoms. The van der Waals surface area contributed by atoms with Gasteiger partial charge in [0.25, 0.3) is 5.69 Å². The monoisotopic (exact) mass is 234 g/mol. The summed E-state index contributed by atoms with van der Waals surface area (Å²) in [5.41, 5.74) is 0.167. The first kappa shape index (κ1) is 11.0. The molecule has 0 saturated heterocycles. The van der Waals surface area contributed by atoms with E-state index in [4.69, 9.17) is 4.42 Å². The van der Waals surface area contributed by atoms with Crippen LogP contribution >= 0.6 is 0 Å². The predicted octanol–water partition coefficient (Wildman–Crippen LogP) is 2.51. The number of anilines is 1. The van der Waals surface area contributed by atoms with Gasteiger partial charge < -0.3 is 14.8 Å². The van der Waals surface area contributed by atoms with Crippen LogP contribution in [0, 0.1) is 10.1 Å². The lowest BCUT2D eigenvalue weighted by Crippen LogP contribution is -2.01. The van der Waals surface area contributed by atoms with Gasteiger partial charge in [-0.15, -0.1) is 0 Å². The molecule has 6 heteroatoms. The molecular formula is C11H10N2O4. The molecule has 0 unspecified atom stereocenters. The molecule has 0 fully saturated rings. The lowest BCUT2D eigenvalue weighted by atomic mass is 10.2.